The number of rotatable bonds is 7. The highest BCUT2D eigenvalue weighted by molar-refractivity contribution is 7.88. The van der Waals surface area contributed by atoms with Gasteiger partial charge in [0.25, 0.3) is 11.4 Å². The molecule has 24 heavy (non-hydrogen) atoms. The van der Waals surface area contributed by atoms with Crippen molar-refractivity contribution in [1.82, 2.24) is 4.72 Å². The normalized spacial score (nSPS) is 11.2. The molecular weight excluding hydrogens is 338 g/mol. The number of hydrogen-bond acceptors (Lipinski definition) is 6. The summed E-state index contributed by atoms with van der Waals surface area (Å²) in [6.45, 7) is -0.0863. The van der Waals surface area contributed by atoms with Gasteiger partial charge in [-0.15, -0.1) is 0 Å². The van der Waals surface area contributed by atoms with Crippen molar-refractivity contribution in [1.29, 1.82) is 0 Å². The van der Waals surface area contributed by atoms with Crippen molar-refractivity contribution in [2.24, 2.45) is 0 Å². The average molecular weight is 351 g/mol. The molecule has 0 radical (unpaired) electrons. The molecule has 0 aliphatic rings. The van der Waals surface area contributed by atoms with Crippen LogP contribution in [0.1, 0.15) is 11.1 Å². The Balaban J connectivity index is 2.02. The fourth-order valence-electron chi connectivity index (χ4n) is 1.96. The van der Waals surface area contributed by atoms with E-state index >= 15 is 0 Å². The first-order valence-electron chi connectivity index (χ1n) is 6.71. The Morgan fingerprint density at radius 3 is 2.08 bits per heavy atom. The molecule has 0 aromatic heterocycles. The van der Waals surface area contributed by atoms with Crippen molar-refractivity contribution in [2.45, 2.75) is 12.3 Å². The summed E-state index contributed by atoms with van der Waals surface area (Å²) in [7, 11) is -3.69. The minimum absolute atomic E-state index is 0.0863. The predicted octanol–water partition coefficient (Wildman–Crippen LogP) is 2.12. The minimum atomic E-state index is -3.69. The Kier molecular flexibility index (Phi) is 5.21. The third kappa shape index (κ3) is 4.83. The Bertz CT molecular complexity index is 864. The van der Waals surface area contributed by atoms with Gasteiger partial charge in [-0.1, -0.05) is 24.3 Å². The van der Waals surface area contributed by atoms with Gasteiger partial charge < -0.3 is 0 Å². The van der Waals surface area contributed by atoms with Crippen molar-refractivity contribution in [3.8, 4) is 0 Å². The molecule has 0 heterocycles. The molecule has 0 saturated carbocycles. The van der Waals surface area contributed by atoms with E-state index in [4.69, 9.17) is 0 Å². The number of hydrogen-bond donors (Lipinski definition) is 1. The van der Waals surface area contributed by atoms with Crippen LogP contribution >= 0.6 is 0 Å². The molecule has 0 bridgehead atoms. The predicted molar refractivity (Wildman–Crippen MR) is 85.7 cm³/mol. The first kappa shape index (κ1) is 17.5. The van der Waals surface area contributed by atoms with E-state index < -0.39 is 19.9 Å². The number of nitrogens with zero attached hydrogens (tertiary/aromatic N) is 2. The number of nitro benzene ring substituents is 2. The summed E-state index contributed by atoms with van der Waals surface area (Å²) in [6.07, 6.45) is 0. The van der Waals surface area contributed by atoms with Crippen molar-refractivity contribution in [3.63, 3.8) is 0 Å². The molecule has 0 aliphatic carbocycles. The van der Waals surface area contributed by atoms with E-state index in [1.54, 1.807) is 6.07 Å². The second kappa shape index (κ2) is 7.15. The summed E-state index contributed by atoms with van der Waals surface area (Å²) in [4.78, 5) is 20.1. The first-order valence-corrected chi connectivity index (χ1v) is 8.36. The zero-order valence-corrected chi connectivity index (χ0v) is 13.1. The van der Waals surface area contributed by atoms with Crippen molar-refractivity contribution in [3.05, 3.63) is 79.9 Å². The van der Waals surface area contributed by atoms with Crippen LogP contribution in [0.5, 0.6) is 0 Å². The van der Waals surface area contributed by atoms with Gasteiger partial charge >= 0.3 is 0 Å². The summed E-state index contributed by atoms with van der Waals surface area (Å²) >= 11 is 0. The van der Waals surface area contributed by atoms with Crippen LogP contribution in [0.3, 0.4) is 0 Å². The summed E-state index contributed by atoms with van der Waals surface area (Å²) in [5, 5.41) is 21.2. The van der Waals surface area contributed by atoms with E-state index in [1.807, 2.05) is 0 Å². The van der Waals surface area contributed by atoms with Crippen LogP contribution in [0.25, 0.3) is 0 Å². The van der Waals surface area contributed by atoms with Crippen molar-refractivity contribution >= 4 is 21.4 Å². The van der Waals surface area contributed by atoms with Crippen molar-refractivity contribution in [2.75, 3.05) is 0 Å². The zero-order chi connectivity index (χ0) is 17.7. The summed E-state index contributed by atoms with van der Waals surface area (Å²) < 4.78 is 26.4. The Morgan fingerprint density at radius 2 is 1.50 bits per heavy atom. The fraction of sp³-hybridized carbons (Fsp3) is 0.143. The molecule has 1 N–H and O–H groups in total. The third-order valence-corrected chi connectivity index (χ3v) is 4.42. The molecular formula is C14H13N3O6S. The molecule has 10 heteroatoms. The summed E-state index contributed by atoms with van der Waals surface area (Å²) in [5.74, 6) is -0.347. The number of non-ortho nitro benzene ring substituents is 2. The van der Waals surface area contributed by atoms with Crippen LogP contribution in [0, 0.1) is 20.2 Å². The van der Waals surface area contributed by atoms with Gasteiger partial charge in [-0.25, -0.2) is 13.1 Å². The summed E-state index contributed by atoms with van der Waals surface area (Å²) in [6, 6.07) is 10.8. The van der Waals surface area contributed by atoms with Gasteiger partial charge in [-0.05, 0) is 11.1 Å². The molecule has 0 aliphatic heterocycles. The Hall–Kier alpha value is -2.85. The lowest BCUT2D eigenvalue weighted by molar-refractivity contribution is -0.385. The van der Waals surface area contributed by atoms with Gasteiger partial charge in [0.2, 0.25) is 10.0 Å². The molecule has 0 amide bonds. The smallest absolute Gasteiger partial charge is 0.258 e. The van der Waals surface area contributed by atoms with E-state index in [2.05, 4.69) is 4.72 Å². The van der Waals surface area contributed by atoms with Crippen LogP contribution in [0.2, 0.25) is 0 Å². The Morgan fingerprint density at radius 1 is 0.875 bits per heavy atom. The summed E-state index contributed by atoms with van der Waals surface area (Å²) in [5.41, 5.74) is 0.603. The number of nitrogens with one attached hydrogen (secondary N) is 1. The van der Waals surface area contributed by atoms with Crippen LogP contribution in [-0.2, 0) is 22.3 Å². The van der Waals surface area contributed by atoms with E-state index in [9.17, 15) is 28.6 Å². The van der Waals surface area contributed by atoms with E-state index in [1.165, 1.54) is 42.5 Å². The van der Waals surface area contributed by atoms with E-state index in [0.717, 1.165) is 0 Å². The molecule has 0 saturated heterocycles. The van der Waals surface area contributed by atoms with E-state index in [-0.39, 0.29) is 23.7 Å². The van der Waals surface area contributed by atoms with Crippen molar-refractivity contribution < 1.29 is 18.3 Å². The van der Waals surface area contributed by atoms with Crippen LogP contribution in [-0.4, -0.2) is 18.3 Å². The number of sulfonamides is 1. The molecule has 2 rings (SSSR count). The van der Waals surface area contributed by atoms with Gasteiger partial charge in [0.15, 0.2) is 0 Å². The second-order valence-corrected chi connectivity index (χ2v) is 6.74. The number of benzene rings is 2. The monoisotopic (exact) mass is 351 g/mol. The molecule has 9 nitrogen and oxygen atoms in total. The molecule has 126 valence electrons. The van der Waals surface area contributed by atoms with Gasteiger partial charge in [-0.3, -0.25) is 20.2 Å². The van der Waals surface area contributed by atoms with Gasteiger partial charge in [-0.2, -0.15) is 0 Å². The van der Waals surface area contributed by atoms with Gasteiger partial charge in [0.1, 0.15) is 0 Å². The first-order chi connectivity index (χ1) is 11.3. The van der Waals surface area contributed by atoms with E-state index in [0.29, 0.717) is 11.1 Å². The SMILES string of the molecule is O=[N+]([O-])c1ccc(CS(=O)(=O)NCc2cccc([N+](=O)[O-])c2)cc1. The van der Waals surface area contributed by atoms with Gasteiger partial charge in [0.05, 0.1) is 15.6 Å². The highest BCUT2D eigenvalue weighted by atomic mass is 32.2. The molecule has 2 aromatic carbocycles. The molecule has 0 fully saturated rings. The Labute approximate surface area is 137 Å². The second-order valence-electron chi connectivity index (χ2n) is 4.93. The highest BCUT2D eigenvalue weighted by Crippen LogP contribution is 2.15. The maximum atomic E-state index is 12.0. The highest BCUT2D eigenvalue weighted by Gasteiger charge is 2.14. The molecule has 0 spiro atoms. The zero-order valence-electron chi connectivity index (χ0n) is 12.3. The topological polar surface area (TPSA) is 132 Å². The molecule has 0 unspecified atom stereocenters. The third-order valence-electron chi connectivity index (χ3n) is 3.12. The minimum Gasteiger partial charge on any atom is -0.258 e. The lowest BCUT2D eigenvalue weighted by Gasteiger charge is -2.07. The fourth-order valence-corrected chi connectivity index (χ4v) is 3.08. The maximum Gasteiger partial charge on any atom is 0.269 e. The lowest BCUT2D eigenvalue weighted by Crippen LogP contribution is -2.24. The number of nitro groups is 2. The standard InChI is InChI=1S/C14H13N3O6S/c18-16(19)13-6-4-11(5-7-13)10-24(22,23)15-9-12-2-1-3-14(8-12)17(20)21/h1-8,15H,9-10H2. The largest absolute Gasteiger partial charge is 0.269 e. The quantitative estimate of drug-likeness (QED) is 0.600. The maximum absolute atomic E-state index is 12.0. The van der Waals surface area contributed by atoms with Crippen LogP contribution in [0.15, 0.2) is 48.5 Å². The van der Waals surface area contributed by atoms with Crippen LogP contribution in [0.4, 0.5) is 11.4 Å². The van der Waals surface area contributed by atoms with Crippen LogP contribution < -0.4 is 4.72 Å². The average Bonchev–Trinajstić information content (AvgIpc) is 2.53. The van der Waals surface area contributed by atoms with Gasteiger partial charge in [0, 0.05) is 30.8 Å². The molecule has 0 atom stereocenters. The molecule has 2 aromatic rings. The lowest BCUT2D eigenvalue weighted by atomic mass is 10.2.